The molecular formula is C27H25N3O3S. The maximum Gasteiger partial charge on any atom is 0.265 e. The molecular weight excluding hydrogens is 446 g/mol. The fourth-order valence-electron chi connectivity index (χ4n) is 3.90. The molecule has 0 spiro atoms. The minimum atomic E-state index is -0.0517. The Morgan fingerprint density at radius 1 is 1.09 bits per heavy atom. The van der Waals surface area contributed by atoms with E-state index in [1.165, 1.54) is 5.56 Å². The van der Waals surface area contributed by atoms with Crippen molar-refractivity contribution in [3.8, 4) is 33.5 Å². The van der Waals surface area contributed by atoms with E-state index in [1.54, 1.807) is 22.4 Å². The highest BCUT2D eigenvalue weighted by Gasteiger charge is 2.26. The predicted molar refractivity (Wildman–Crippen MR) is 135 cm³/mol. The normalized spacial score (nSPS) is 12.9. The van der Waals surface area contributed by atoms with Crippen LogP contribution in [0.25, 0.3) is 22.0 Å². The van der Waals surface area contributed by atoms with Crippen LogP contribution in [0.5, 0.6) is 11.5 Å². The molecule has 0 aliphatic carbocycles. The molecule has 6 nitrogen and oxygen atoms in total. The first-order valence-corrected chi connectivity index (χ1v) is 12.1. The van der Waals surface area contributed by atoms with Crippen molar-refractivity contribution in [2.45, 2.75) is 20.3 Å². The second kappa shape index (κ2) is 9.65. The average molecular weight is 472 g/mol. The Bertz CT molecular complexity index is 1300. The highest BCUT2D eigenvalue weighted by atomic mass is 32.1. The van der Waals surface area contributed by atoms with Crippen molar-refractivity contribution in [2.75, 3.05) is 24.7 Å². The molecule has 0 fully saturated rings. The maximum atomic E-state index is 12.7. The topological polar surface area (TPSA) is 64.5 Å². The number of pyridine rings is 1. The molecule has 34 heavy (non-hydrogen) atoms. The van der Waals surface area contributed by atoms with E-state index in [0.717, 1.165) is 38.3 Å². The van der Waals surface area contributed by atoms with Gasteiger partial charge in [-0.1, -0.05) is 23.8 Å². The summed E-state index contributed by atoms with van der Waals surface area (Å²) in [6.07, 6.45) is 2.48. The van der Waals surface area contributed by atoms with Gasteiger partial charge in [0.15, 0.2) is 6.61 Å². The number of hydrogen-bond acceptors (Lipinski definition) is 6. The minimum Gasteiger partial charge on any atom is -0.494 e. The van der Waals surface area contributed by atoms with Gasteiger partial charge in [-0.3, -0.25) is 9.78 Å². The standard InChI is InChI=1S/C27H25N3O3S/c1-18-7-10-21(11-8-18)32-15-5-14-30-23-16-20(9-12-24(23)33-17-25(30)31)26-19(2)34-27(29-26)22-6-3-4-13-28-22/h3-4,6-13,16H,5,14-15,17H2,1-2H3. The van der Waals surface area contributed by atoms with Crippen molar-refractivity contribution in [1.29, 1.82) is 0 Å². The summed E-state index contributed by atoms with van der Waals surface area (Å²) in [5, 5.41) is 0.878. The summed E-state index contributed by atoms with van der Waals surface area (Å²) in [4.78, 5) is 24.9. The molecule has 0 radical (unpaired) electrons. The highest BCUT2D eigenvalue weighted by molar-refractivity contribution is 7.15. The zero-order valence-electron chi connectivity index (χ0n) is 19.2. The van der Waals surface area contributed by atoms with Gasteiger partial charge in [0.2, 0.25) is 0 Å². The van der Waals surface area contributed by atoms with Crippen molar-refractivity contribution in [1.82, 2.24) is 9.97 Å². The van der Waals surface area contributed by atoms with Crippen molar-refractivity contribution in [3.63, 3.8) is 0 Å². The Hall–Kier alpha value is -3.71. The number of anilines is 1. The average Bonchev–Trinajstić information content (AvgIpc) is 3.26. The highest BCUT2D eigenvalue weighted by Crippen LogP contribution is 2.39. The lowest BCUT2D eigenvalue weighted by Crippen LogP contribution is -2.39. The van der Waals surface area contributed by atoms with Crippen molar-refractivity contribution >= 4 is 22.9 Å². The molecule has 1 aliphatic rings. The molecule has 0 saturated carbocycles. The largest absolute Gasteiger partial charge is 0.494 e. The Morgan fingerprint density at radius 3 is 2.74 bits per heavy atom. The third kappa shape index (κ3) is 4.65. The molecule has 0 saturated heterocycles. The van der Waals surface area contributed by atoms with Gasteiger partial charge in [-0.05, 0) is 62.7 Å². The van der Waals surface area contributed by atoms with Crippen LogP contribution in [0, 0.1) is 13.8 Å². The SMILES string of the molecule is Cc1ccc(OCCCN2C(=O)COc3ccc(-c4nc(-c5ccccn5)sc4C)cc32)cc1. The van der Waals surface area contributed by atoms with E-state index in [4.69, 9.17) is 14.5 Å². The molecule has 172 valence electrons. The molecule has 1 amide bonds. The number of fused-ring (bicyclic) bond motifs is 1. The van der Waals surface area contributed by atoms with Crippen LogP contribution < -0.4 is 14.4 Å². The fourth-order valence-corrected chi connectivity index (χ4v) is 4.82. The van der Waals surface area contributed by atoms with Gasteiger partial charge in [0, 0.05) is 23.2 Å². The summed E-state index contributed by atoms with van der Waals surface area (Å²) in [6, 6.07) is 19.7. The Morgan fingerprint density at radius 2 is 1.94 bits per heavy atom. The van der Waals surface area contributed by atoms with Gasteiger partial charge in [0.1, 0.15) is 16.5 Å². The first-order valence-electron chi connectivity index (χ1n) is 11.2. The second-order valence-corrected chi connectivity index (χ2v) is 9.37. The molecule has 2 aromatic heterocycles. The zero-order chi connectivity index (χ0) is 23.5. The van der Waals surface area contributed by atoms with Gasteiger partial charge in [0.05, 0.1) is 23.7 Å². The zero-order valence-corrected chi connectivity index (χ0v) is 20.0. The van der Waals surface area contributed by atoms with Crippen molar-refractivity contribution in [3.05, 3.63) is 77.3 Å². The van der Waals surface area contributed by atoms with E-state index in [1.807, 2.05) is 67.6 Å². The lowest BCUT2D eigenvalue weighted by Gasteiger charge is -2.29. The summed E-state index contributed by atoms with van der Waals surface area (Å²) in [7, 11) is 0. The summed E-state index contributed by atoms with van der Waals surface area (Å²) in [5.74, 6) is 1.49. The molecule has 0 atom stereocenters. The Labute approximate surface area is 202 Å². The summed E-state index contributed by atoms with van der Waals surface area (Å²) >= 11 is 1.61. The quantitative estimate of drug-likeness (QED) is 0.324. The van der Waals surface area contributed by atoms with Crippen LogP contribution in [-0.4, -0.2) is 35.6 Å². The third-order valence-corrected chi connectivity index (χ3v) is 6.67. The number of aromatic nitrogens is 2. The molecule has 2 aromatic carbocycles. The van der Waals surface area contributed by atoms with E-state index in [0.29, 0.717) is 25.3 Å². The van der Waals surface area contributed by atoms with Gasteiger partial charge in [-0.25, -0.2) is 4.98 Å². The van der Waals surface area contributed by atoms with E-state index in [2.05, 4.69) is 11.9 Å². The first kappa shape index (κ1) is 22.1. The number of ether oxygens (including phenoxy) is 2. The molecule has 3 heterocycles. The van der Waals surface area contributed by atoms with Crippen LogP contribution in [-0.2, 0) is 4.79 Å². The maximum absolute atomic E-state index is 12.7. The lowest BCUT2D eigenvalue weighted by molar-refractivity contribution is -0.121. The van der Waals surface area contributed by atoms with Gasteiger partial charge >= 0.3 is 0 Å². The molecule has 7 heteroatoms. The molecule has 0 bridgehead atoms. The molecule has 0 N–H and O–H groups in total. The Balaban J connectivity index is 1.34. The predicted octanol–water partition coefficient (Wildman–Crippen LogP) is 5.68. The first-order chi connectivity index (χ1) is 16.6. The van der Waals surface area contributed by atoms with Gasteiger partial charge in [-0.2, -0.15) is 0 Å². The van der Waals surface area contributed by atoms with E-state index in [9.17, 15) is 4.79 Å². The monoisotopic (exact) mass is 471 g/mol. The van der Waals surface area contributed by atoms with Crippen LogP contribution in [0.1, 0.15) is 16.9 Å². The van der Waals surface area contributed by atoms with Gasteiger partial charge in [-0.15, -0.1) is 11.3 Å². The number of amides is 1. The fraction of sp³-hybridized carbons (Fsp3) is 0.222. The van der Waals surface area contributed by atoms with Crippen LogP contribution in [0.4, 0.5) is 5.69 Å². The number of aryl methyl sites for hydroxylation is 2. The lowest BCUT2D eigenvalue weighted by atomic mass is 10.1. The van der Waals surface area contributed by atoms with Crippen LogP contribution in [0.2, 0.25) is 0 Å². The van der Waals surface area contributed by atoms with Gasteiger partial charge < -0.3 is 14.4 Å². The van der Waals surface area contributed by atoms with Crippen molar-refractivity contribution < 1.29 is 14.3 Å². The minimum absolute atomic E-state index is 0.0463. The van der Waals surface area contributed by atoms with E-state index in [-0.39, 0.29) is 12.5 Å². The number of hydrogen-bond donors (Lipinski definition) is 0. The Kier molecular flexibility index (Phi) is 6.27. The van der Waals surface area contributed by atoms with Crippen LogP contribution in [0.3, 0.4) is 0 Å². The van der Waals surface area contributed by atoms with Crippen molar-refractivity contribution in [2.24, 2.45) is 0 Å². The number of carbonyl (C=O) groups is 1. The summed E-state index contributed by atoms with van der Waals surface area (Å²) in [6.45, 7) is 5.23. The molecule has 5 rings (SSSR count). The number of thiazole rings is 1. The number of nitrogens with zero attached hydrogens (tertiary/aromatic N) is 3. The third-order valence-electron chi connectivity index (χ3n) is 5.67. The second-order valence-electron chi connectivity index (χ2n) is 8.17. The molecule has 4 aromatic rings. The number of carbonyl (C=O) groups excluding carboxylic acids is 1. The van der Waals surface area contributed by atoms with Gasteiger partial charge in [0.25, 0.3) is 5.91 Å². The summed E-state index contributed by atoms with van der Waals surface area (Å²) < 4.78 is 11.5. The van der Waals surface area contributed by atoms with Crippen LogP contribution in [0.15, 0.2) is 66.9 Å². The number of rotatable bonds is 7. The van der Waals surface area contributed by atoms with Crippen LogP contribution >= 0.6 is 11.3 Å². The summed E-state index contributed by atoms with van der Waals surface area (Å²) in [5.41, 5.74) is 4.67. The molecule has 1 aliphatic heterocycles. The van der Waals surface area contributed by atoms with E-state index >= 15 is 0 Å². The van der Waals surface area contributed by atoms with E-state index < -0.39 is 0 Å². The number of benzene rings is 2. The molecule has 0 unspecified atom stereocenters. The smallest absolute Gasteiger partial charge is 0.265 e.